The average molecular weight is 541 g/mol. The summed E-state index contributed by atoms with van der Waals surface area (Å²) in [5.74, 6) is 2.30. The fraction of sp³-hybridized carbons (Fsp3) is 0.286. The second-order valence-corrected chi connectivity index (χ2v) is 9.65. The summed E-state index contributed by atoms with van der Waals surface area (Å²) in [6, 6.07) is 10.7. The first kappa shape index (κ1) is 25.3. The molecule has 40 heavy (non-hydrogen) atoms. The summed E-state index contributed by atoms with van der Waals surface area (Å²) >= 11 is 0. The van der Waals surface area contributed by atoms with Gasteiger partial charge in [-0.05, 0) is 36.8 Å². The van der Waals surface area contributed by atoms with E-state index in [1.54, 1.807) is 52.7 Å². The Labute approximate surface area is 230 Å². The summed E-state index contributed by atoms with van der Waals surface area (Å²) in [7, 11) is 0. The SMILES string of the molecule is Cc1cc(N2CCN(C(=O)c3cccnc3)CC2CC(=O)NCc2ccc3c(c2)OCO3)nc(-n2ccnc2)n1. The van der Waals surface area contributed by atoms with Crippen molar-refractivity contribution in [1.82, 2.24) is 34.7 Å². The zero-order valence-corrected chi connectivity index (χ0v) is 21.9. The quantitative estimate of drug-likeness (QED) is 0.375. The van der Waals surface area contributed by atoms with Crippen LogP contribution in [0.5, 0.6) is 11.5 Å². The molecule has 0 saturated carbocycles. The second kappa shape index (κ2) is 11.0. The van der Waals surface area contributed by atoms with E-state index in [9.17, 15) is 9.59 Å². The molecule has 1 N–H and O–H groups in total. The Bertz CT molecular complexity index is 1510. The minimum Gasteiger partial charge on any atom is -0.454 e. The third-order valence-electron chi connectivity index (χ3n) is 6.88. The van der Waals surface area contributed by atoms with Crippen LogP contribution >= 0.6 is 0 Å². The van der Waals surface area contributed by atoms with Crippen LogP contribution in [0.25, 0.3) is 5.95 Å². The monoisotopic (exact) mass is 540 g/mol. The molecule has 0 spiro atoms. The minimum absolute atomic E-state index is 0.114. The normalized spacial score (nSPS) is 16.2. The van der Waals surface area contributed by atoms with Gasteiger partial charge in [0.05, 0.1) is 11.6 Å². The Morgan fingerprint density at radius 3 is 2.77 bits per heavy atom. The zero-order chi connectivity index (χ0) is 27.5. The Morgan fingerprint density at radius 1 is 1.05 bits per heavy atom. The molecule has 1 saturated heterocycles. The maximum atomic E-state index is 13.3. The highest BCUT2D eigenvalue weighted by atomic mass is 16.7. The van der Waals surface area contributed by atoms with Crippen LogP contribution in [0.4, 0.5) is 5.82 Å². The molecular formula is C28H28N8O4. The van der Waals surface area contributed by atoms with Crippen molar-refractivity contribution >= 4 is 17.6 Å². The van der Waals surface area contributed by atoms with Gasteiger partial charge < -0.3 is 24.6 Å². The number of rotatable bonds is 7. The highest BCUT2D eigenvalue weighted by Gasteiger charge is 2.33. The molecule has 2 amide bonds. The Morgan fingerprint density at radius 2 is 1.95 bits per heavy atom. The van der Waals surface area contributed by atoms with Crippen molar-refractivity contribution in [1.29, 1.82) is 0 Å². The number of carbonyl (C=O) groups excluding carboxylic acids is 2. The molecule has 12 heteroatoms. The number of aryl methyl sites for hydroxylation is 1. The van der Waals surface area contributed by atoms with Gasteiger partial charge in [0, 0.05) is 69.1 Å². The molecule has 0 bridgehead atoms. The van der Waals surface area contributed by atoms with Crippen LogP contribution < -0.4 is 19.7 Å². The highest BCUT2D eigenvalue weighted by Crippen LogP contribution is 2.32. The van der Waals surface area contributed by atoms with Gasteiger partial charge >= 0.3 is 0 Å². The molecule has 0 radical (unpaired) electrons. The molecule has 1 aromatic carbocycles. The van der Waals surface area contributed by atoms with E-state index in [1.165, 1.54) is 0 Å². The molecule has 12 nitrogen and oxygen atoms in total. The van der Waals surface area contributed by atoms with E-state index >= 15 is 0 Å². The van der Waals surface area contributed by atoms with Crippen molar-refractivity contribution in [2.75, 3.05) is 31.3 Å². The van der Waals surface area contributed by atoms with Crippen LogP contribution in [0.1, 0.15) is 28.0 Å². The van der Waals surface area contributed by atoms with E-state index in [2.05, 4.69) is 25.2 Å². The van der Waals surface area contributed by atoms with Crippen molar-refractivity contribution in [3.63, 3.8) is 0 Å². The Balaban J connectivity index is 1.21. The van der Waals surface area contributed by atoms with Gasteiger partial charge in [-0.3, -0.25) is 19.1 Å². The van der Waals surface area contributed by atoms with Crippen LogP contribution in [0.3, 0.4) is 0 Å². The van der Waals surface area contributed by atoms with Crippen LogP contribution in [-0.2, 0) is 11.3 Å². The minimum atomic E-state index is -0.309. The number of hydrogen-bond acceptors (Lipinski definition) is 9. The molecule has 1 atom stereocenters. The summed E-state index contributed by atoms with van der Waals surface area (Å²) in [5, 5.41) is 3.01. The van der Waals surface area contributed by atoms with Crippen LogP contribution in [0.2, 0.25) is 0 Å². The lowest BCUT2D eigenvalue weighted by Gasteiger charge is -2.42. The van der Waals surface area contributed by atoms with E-state index < -0.39 is 0 Å². The van der Waals surface area contributed by atoms with Gasteiger partial charge in [0.2, 0.25) is 18.6 Å². The summed E-state index contributed by atoms with van der Waals surface area (Å²) < 4.78 is 12.6. The van der Waals surface area contributed by atoms with Crippen molar-refractivity contribution in [3.8, 4) is 17.4 Å². The topological polar surface area (TPSA) is 128 Å². The number of benzene rings is 1. The third kappa shape index (κ3) is 5.41. The van der Waals surface area contributed by atoms with E-state index in [4.69, 9.17) is 14.5 Å². The van der Waals surface area contributed by atoms with Crippen LogP contribution in [0, 0.1) is 6.92 Å². The number of piperazine rings is 1. The first-order valence-electron chi connectivity index (χ1n) is 13.0. The molecule has 4 aromatic rings. The number of imidazole rings is 1. The first-order valence-corrected chi connectivity index (χ1v) is 13.0. The summed E-state index contributed by atoms with van der Waals surface area (Å²) in [6.07, 6.45) is 8.46. The number of hydrogen-bond donors (Lipinski definition) is 1. The number of fused-ring (bicyclic) bond motifs is 1. The van der Waals surface area contributed by atoms with Gasteiger partial charge in [0.15, 0.2) is 11.5 Å². The predicted molar refractivity (Wildman–Crippen MR) is 144 cm³/mol. The number of nitrogens with zero attached hydrogens (tertiary/aromatic N) is 7. The lowest BCUT2D eigenvalue weighted by molar-refractivity contribution is -0.121. The van der Waals surface area contributed by atoms with Gasteiger partial charge in [-0.25, -0.2) is 9.97 Å². The van der Waals surface area contributed by atoms with Crippen molar-refractivity contribution in [3.05, 3.63) is 84.3 Å². The van der Waals surface area contributed by atoms with Crippen molar-refractivity contribution in [2.45, 2.75) is 25.9 Å². The summed E-state index contributed by atoms with van der Waals surface area (Å²) in [6.45, 7) is 3.79. The summed E-state index contributed by atoms with van der Waals surface area (Å²) in [4.78, 5) is 47.8. The van der Waals surface area contributed by atoms with Gasteiger partial charge in [-0.1, -0.05) is 6.07 Å². The fourth-order valence-corrected chi connectivity index (χ4v) is 4.90. The fourth-order valence-electron chi connectivity index (χ4n) is 4.90. The predicted octanol–water partition coefficient (Wildman–Crippen LogP) is 2.13. The lowest BCUT2D eigenvalue weighted by atomic mass is 10.1. The maximum absolute atomic E-state index is 13.3. The molecule has 3 aromatic heterocycles. The number of carbonyl (C=O) groups is 2. The lowest BCUT2D eigenvalue weighted by Crippen LogP contribution is -2.56. The van der Waals surface area contributed by atoms with Gasteiger partial charge in [-0.15, -0.1) is 0 Å². The molecular weight excluding hydrogens is 512 g/mol. The number of aromatic nitrogens is 5. The Hall–Kier alpha value is -5.00. The maximum Gasteiger partial charge on any atom is 0.255 e. The molecule has 1 unspecified atom stereocenters. The Kier molecular flexibility index (Phi) is 6.96. The smallest absolute Gasteiger partial charge is 0.255 e. The number of amides is 2. The molecule has 0 aliphatic carbocycles. The molecule has 2 aliphatic heterocycles. The standard InChI is InChI=1S/C28H28N8O4/c1-19-11-25(33-28(32-19)35-8-7-30-17-35)36-10-9-34(27(38)21-3-2-6-29-15-21)16-22(36)13-26(37)31-14-20-4-5-23-24(12-20)40-18-39-23/h2-8,11-12,15,17,22H,9-10,13-14,16,18H2,1H3,(H,31,37). The third-order valence-corrected chi connectivity index (χ3v) is 6.88. The largest absolute Gasteiger partial charge is 0.454 e. The van der Waals surface area contributed by atoms with Gasteiger partial charge in [0.1, 0.15) is 12.1 Å². The number of nitrogens with one attached hydrogen (secondary N) is 1. The van der Waals surface area contributed by atoms with Crippen LogP contribution in [0.15, 0.2) is 67.5 Å². The van der Waals surface area contributed by atoms with E-state index in [-0.39, 0.29) is 31.1 Å². The second-order valence-electron chi connectivity index (χ2n) is 9.65. The van der Waals surface area contributed by atoms with Gasteiger partial charge in [-0.2, -0.15) is 4.98 Å². The molecule has 204 valence electrons. The van der Waals surface area contributed by atoms with Crippen molar-refractivity contribution in [2.24, 2.45) is 0 Å². The van der Waals surface area contributed by atoms with Crippen molar-refractivity contribution < 1.29 is 19.1 Å². The average Bonchev–Trinajstić information content (AvgIpc) is 3.68. The van der Waals surface area contributed by atoms with E-state index in [1.807, 2.05) is 31.2 Å². The molecule has 6 rings (SSSR count). The number of ether oxygens (including phenoxy) is 2. The van der Waals surface area contributed by atoms with E-state index in [0.29, 0.717) is 55.0 Å². The summed E-state index contributed by atoms with van der Waals surface area (Å²) in [5.41, 5.74) is 2.21. The highest BCUT2D eigenvalue weighted by molar-refractivity contribution is 5.94. The number of anilines is 1. The van der Waals surface area contributed by atoms with E-state index in [0.717, 1.165) is 11.3 Å². The first-order chi connectivity index (χ1) is 19.5. The van der Waals surface area contributed by atoms with Crippen LogP contribution in [-0.4, -0.2) is 73.7 Å². The molecule has 1 fully saturated rings. The zero-order valence-electron chi connectivity index (χ0n) is 21.9. The van der Waals surface area contributed by atoms with Gasteiger partial charge in [0.25, 0.3) is 5.91 Å². The molecule has 5 heterocycles. The number of pyridine rings is 1. The molecule has 2 aliphatic rings.